The molecule has 3 rings (SSSR count). The highest BCUT2D eigenvalue weighted by atomic mass is 16.6. The number of aryl methyl sites for hydroxylation is 1. The highest BCUT2D eigenvalue weighted by Gasteiger charge is 2.24. The molecule has 0 bridgehead atoms. The van der Waals surface area contributed by atoms with Gasteiger partial charge in [-0.1, -0.05) is 5.10 Å². The van der Waals surface area contributed by atoms with E-state index in [0.717, 1.165) is 25.9 Å². The molecule has 0 aliphatic carbocycles. The molecule has 1 amide bonds. The third-order valence-corrected chi connectivity index (χ3v) is 3.61. The SMILES string of the molecule is Cn1nnc(NC(=O)c2ccc(N3CCCC3)c([N+](=O)[O-])c2)n1. The standard InChI is InChI=1S/C13H15N7O3/c1-18-16-13(15-17-18)14-12(21)9-4-5-10(11(8-9)20(22)23)19-6-2-3-7-19/h4-5,8H,2-3,6-7H2,1H3,(H,14,16,21). The Labute approximate surface area is 131 Å². The number of nitrogens with one attached hydrogen (secondary N) is 1. The Morgan fingerprint density at radius 1 is 1.35 bits per heavy atom. The molecule has 1 aliphatic rings. The number of nitro benzene ring substituents is 1. The average molecular weight is 317 g/mol. The summed E-state index contributed by atoms with van der Waals surface area (Å²) in [6, 6.07) is 4.45. The first kappa shape index (κ1) is 14.9. The van der Waals surface area contributed by atoms with Gasteiger partial charge in [0.05, 0.1) is 12.0 Å². The summed E-state index contributed by atoms with van der Waals surface area (Å²) in [5, 5.41) is 24.9. The van der Waals surface area contributed by atoms with Crippen LogP contribution in [0.2, 0.25) is 0 Å². The van der Waals surface area contributed by atoms with Crippen molar-refractivity contribution >= 4 is 23.2 Å². The number of nitrogens with zero attached hydrogens (tertiary/aromatic N) is 6. The molecule has 1 N–H and O–H groups in total. The van der Waals surface area contributed by atoms with E-state index >= 15 is 0 Å². The van der Waals surface area contributed by atoms with Crippen molar-refractivity contribution in [2.75, 3.05) is 23.3 Å². The monoisotopic (exact) mass is 317 g/mol. The van der Waals surface area contributed by atoms with Crippen LogP contribution in [0.5, 0.6) is 0 Å². The van der Waals surface area contributed by atoms with Crippen molar-refractivity contribution in [3.63, 3.8) is 0 Å². The largest absolute Gasteiger partial charge is 0.366 e. The van der Waals surface area contributed by atoms with Gasteiger partial charge in [-0.05, 0) is 30.2 Å². The van der Waals surface area contributed by atoms with Gasteiger partial charge >= 0.3 is 0 Å². The van der Waals surface area contributed by atoms with Crippen molar-refractivity contribution in [1.82, 2.24) is 20.2 Å². The fourth-order valence-electron chi connectivity index (χ4n) is 2.54. The molecular formula is C13H15N7O3. The van der Waals surface area contributed by atoms with Crippen molar-refractivity contribution in [3.8, 4) is 0 Å². The molecule has 0 unspecified atom stereocenters. The molecule has 0 spiro atoms. The molecule has 120 valence electrons. The molecule has 1 fully saturated rings. The number of amides is 1. The lowest BCUT2D eigenvalue weighted by Crippen LogP contribution is -2.20. The number of tetrazole rings is 1. The number of hydrogen-bond acceptors (Lipinski definition) is 7. The summed E-state index contributed by atoms with van der Waals surface area (Å²) in [7, 11) is 1.57. The Hall–Kier alpha value is -3.04. The van der Waals surface area contributed by atoms with E-state index in [1.165, 1.54) is 10.9 Å². The zero-order valence-corrected chi connectivity index (χ0v) is 12.5. The summed E-state index contributed by atoms with van der Waals surface area (Å²) in [5.41, 5.74) is 0.639. The van der Waals surface area contributed by atoms with Crippen LogP contribution in [0.1, 0.15) is 23.2 Å². The van der Waals surface area contributed by atoms with Crippen LogP contribution in [0, 0.1) is 10.1 Å². The highest BCUT2D eigenvalue weighted by molar-refractivity contribution is 6.04. The zero-order valence-electron chi connectivity index (χ0n) is 12.5. The van der Waals surface area contributed by atoms with Gasteiger partial charge in [0.15, 0.2) is 0 Å². The summed E-state index contributed by atoms with van der Waals surface area (Å²) in [5.74, 6) is -0.474. The second-order valence-electron chi connectivity index (χ2n) is 5.21. The van der Waals surface area contributed by atoms with Crippen molar-refractivity contribution in [2.45, 2.75) is 12.8 Å². The number of carbonyl (C=O) groups excluding carboxylic acids is 1. The van der Waals surface area contributed by atoms with E-state index in [9.17, 15) is 14.9 Å². The summed E-state index contributed by atoms with van der Waals surface area (Å²) < 4.78 is 0. The number of anilines is 2. The van der Waals surface area contributed by atoms with Gasteiger partial charge in [-0.15, -0.1) is 5.10 Å². The van der Waals surface area contributed by atoms with E-state index in [-0.39, 0.29) is 17.2 Å². The second kappa shape index (κ2) is 5.99. The summed E-state index contributed by atoms with van der Waals surface area (Å²) in [4.78, 5) is 26.2. The minimum atomic E-state index is -0.519. The predicted molar refractivity (Wildman–Crippen MR) is 81.3 cm³/mol. The summed E-state index contributed by atoms with van der Waals surface area (Å²) in [6.45, 7) is 1.58. The molecule has 10 heteroatoms. The maximum absolute atomic E-state index is 12.2. The molecule has 1 aromatic heterocycles. The maximum Gasteiger partial charge on any atom is 0.293 e. The van der Waals surface area contributed by atoms with Crippen LogP contribution in [0.15, 0.2) is 18.2 Å². The Balaban J connectivity index is 1.86. The van der Waals surface area contributed by atoms with E-state index in [1.807, 2.05) is 4.90 Å². The van der Waals surface area contributed by atoms with Crippen molar-refractivity contribution in [3.05, 3.63) is 33.9 Å². The lowest BCUT2D eigenvalue weighted by atomic mass is 10.1. The van der Waals surface area contributed by atoms with Crippen LogP contribution in [0.25, 0.3) is 0 Å². The van der Waals surface area contributed by atoms with Crippen LogP contribution in [-0.4, -0.2) is 44.1 Å². The predicted octanol–water partition coefficient (Wildman–Crippen LogP) is 0.971. The van der Waals surface area contributed by atoms with Gasteiger partial charge in [0.25, 0.3) is 17.5 Å². The van der Waals surface area contributed by atoms with Crippen molar-refractivity contribution < 1.29 is 9.72 Å². The molecule has 1 saturated heterocycles. The molecule has 10 nitrogen and oxygen atoms in total. The smallest absolute Gasteiger partial charge is 0.293 e. The number of aromatic nitrogens is 4. The Morgan fingerprint density at radius 3 is 2.70 bits per heavy atom. The fraction of sp³-hybridized carbons (Fsp3) is 0.385. The van der Waals surface area contributed by atoms with Gasteiger partial charge in [0.2, 0.25) is 0 Å². The molecule has 0 saturated carbocycles. The molecule has 23 heavy (non-hydrogen) atoms. The highest BCUT2D eigenvalue weighted by Crippen LogP contribution is 2.31. The van der Waals surface area contributed by atoms with E-state index in [1.54, 1.807) is 19.2 Å². The first-order valence-electron chi connectivity index (χ1n) is 7.13. The molecule has 0 atom stereocenters. The second-order valence-corrected chi connectivity index (χ2v) is 5.21. The number of nitro groups is 1. The van der Waals surface area contributed by atoms with Crippen molar-refractivity contribution in [1.29, 1.82) is 0 Å². The third-order valence-electron chi connectivity index (χ3n) is 3.61. The summed E-state index contributed by atoms with van der Waals surface area (Å²) in [6.07, 6.45) is 2.02. The van der Waals surface area contributed by atoms with Crippen LogP contribution < -0.4 is 10.2 Å². The summed E-state index contributed by atoms with van der Waals surface area (Å²) >= 11 is 0. The quantitative estimate of drug-likeness (QED) is 0.659. The van der Waals surface area contributed by atoms with Gasteiger partial charge in [-0.2, -0.15) is 4.80 Å². The minimum absolute atomic E-state index is 0.0452. The Morgan fingerprint density at radius 2 is 2.09 bits per heavy atom. The normalized spacial score (nSPS) is 14.0. The van der Waals surface area contributed by atoms with Gasteiger partial charge < -0.3 is 4.90 Å². The van der Waals surface area contributed by atoms with E-state index in [0.29, 0.717) is 5.69 Å². The van der Waals surface area contributed by atoms with E-state index in [2.05, 4.69) is 20.7 Å². The van der Waals surface area contributed by atoms with Crippen LogP contribution >= 0.6 is 0 Å². The minimum Gasteiger partial charge on any atom is -0.366 e. The third kappa shape index (κ3) is 3.10. The first-order chi connectivity index (χ1) is 11.0. The Kier molecular flexibility index (Phi) is 3.87. The molecule has 2 aromatic rings. The van der Waals surface area contributed by atoms with Gasteiger partial charge in [0, 0.05) is 24.7 Å². The van der Waals surface area contributed by atoms with Crippen LogP contribution in [0.4, 0.5) is 17.3 Å². The molecule has 1 aliphatic heterocycles. The van der Waals surface area contributed by atoms with Gasteiger partial charge in [0.1, 0.15) is 5.69 Å². The number of carbonyl (C=O) groups is 1. The van der Waals surface area contributed by atoms with Crippen LogP contribution in [0.3, 0.4) is 0 Å². The lowest BCUT2D eigenvalue weighted by Gasteiger charge is -2.17. The van der Waals surface area contributed by atoms with Gasteiger partial charge in [-0.3, -0.25) is 20.2 Å². The lowest BCUT2D eigenvalue weighted by molar-refractivity contribution is -0.384. The van der Waals surface area contributed by atoms with Crippen LogP contribution in [-0.2, 0) is 7.05 Å². The molecule has 1 aromatic carbocycles. The number of rotatable bonds is 4. The molecule has 2 heterocycles. The Bertz CT molecular complexity index is 752. The molecule has 0 radical (unpaired) electrons. The topological polar surface area (TPSA) is 119 Å². The number of hydrogen-bond donors (Lipinski definition) is 1. The van der Waals surface area contributed by atoms with Gasteiger partial charge in [-0.25, -0.2) is 0 Å². The average Bonchev–Trinajstić information content (AvgIpc) is 3.18. The van der Waals surface area contributed by atoms with E-state index in [4.69, 9.17) is 0 Å². The fourth-order valence-corrected chi connectivity index (χ4v) is 2.54. The van der Waals surface area contributed by atoms with Crippen molar-refractivity contribution in [2.24, 2.45) is 7.05 Å². The number of benzene rings is 1. The molecular weight excluding hydrogens is 302 g/mol. The van der Waals surface area contributed by atoms with E-state index < -0.39 is 10.8 Å². The first-order valence-corrected chi connectivity index (χ1v) is 7.13. The zero-order chi connectivity index (χ0) is 16.4. The maximum atomic E-state index is 12.2.